The zero-order valence-corrected chi connectivity index (χ0v) is 22.8. The van der Waals surface area contributed by atoms with Crippen molar-refractivity contribution in [1.82, 2.24) is 9.80 Å². The van der Waals surface area contributed by atoms with E-state index < -0.39 is 0 Å². The SMILES string of the molecule is C=N/C=C\C=N/CN1CC(CCC(C)C)OC2(CCN(C(=O)c3ccc(OC(C)C)c(C)c3)CC2)C1. The van der Waals surface area contributed by atoms with Gasteiger partial charge in [-0.1, -0.05) is 13.8 Å². The Morgan fingerprint density at radius 3 is 2.67 bits per heavy atom. The molecule has 0 radical (unpaired) electrons. The molecule has 7 heteroatoms. The summed E-state index contributed by atoms with van der Waals surface area (Å²) in [4.78, 5) is 25.9. The zero-order valence-electron chi connectivity index (χ0n) is 22.8. The van der Waals surface area contributed by atoms with E-state index in [1.165, 1.54) is 0 Å². The van der Waals surface area contributed by atoms with Crippen molar-refractivity contribution in [3.8, 4) is 5.75 Å². The van der Waals surface area contributed by atoms with Crippen LogP contribution in [0.3, 0.4) is 0 Å². The molecule has 0 aromatic heterocycles. The first kappa shape index (κ1) is 28.1. The maximum absolute atomic E-state index is 13.3. The Morgan fingerprint density at radius 2 is 2.03 bits per heavy atom. The molecule has 2 fully saturated rings. The van der Waals surface area contributed by atoms with Gasteiger partial charge in [-0.25, -0.2) is 0 Å². The van der Waals surface area contributed by atoms with Crippen molar-refractivity contribution in [3.63, 3.8) is 0 Å². The Balaban J connectivity index is 1.64. The van der Waals surface area contributed by atoms with E-state index in [4.69, 9.17) is 9.47 Å². The Labute approximate surface area is 217 Å². The number of hydrogen-bond acceptors (Lipinski definition) is 6. The van der Waals surface area contributed by atoms with Gasteiger partial charge in [-0.2, -0.15) is 0 Å². The van der Waals surface area contributed by atoms with Crippen LogP contribution in [0.15, 0.2) is 40.5 Å². The topological polar surface area (TPSA) is 66.7 Å². The van der Waals surface area contributed by atoms with Crippen molar-refractivity contribution in [3.05, 3.63) is 41.6 Å². The third kappa shape index (κ3) is 8.00. The second-order valence-corrected chi connectivity index (χ2v) is 10.8. The summed E-state index contributed by atoms with van der Waals surface area (Å²) in [7, 11) is 0. The monoisotopic (exact) mass is 496 g/mol. The number of aliphatic imine (C=N–C) groups is 2. The predicted octanol–water partition coefficient (Wildman–Crippen LogP) is 5.14. The minimum absolute atomic E-state index is 0.0836. The number of hydrogen-bond donors (Lipinski definition) is 0. The molecular formula is C29H44N4O3. The number of ether oxygens (including phenoxy) is 2. The predicted molar refractivity (Wildman–Crippen MR) is 147 cm³/mol. The van der Waals surface area contributed by atoms with E-state index in [1.807, 2.05) is 43.9 Å². The number of nitrogens with zero attached hydrogens (tertiary/aromatic N) is 4. The van der Waals surface area contributed by atoms with Crippen molar-refractivity contribution >= 4 is 18.8 Å². The molecule has 2 heterocycles. The summed E-state index contributed by atoms with van der Waals surface area (Å²) in [6.45, 7) is 17.7. The van der Waals surface area contributed by atoms with E-state index in [2.05, 4.69) is 35.4 Å². The Bertz CT molecular complexity index is 932. The molecule has 2 aliphatic heterocycles. The van der Waals surface area contributed by atoms with Gasteiger partial charge in [-0.15, -0.1) is 0 Å². The minimum Gasteiger partial charge on any atom is -0.491 e. The van der Waals surface area contributed by atoms with Crippen LogP contribution in [0.1, 0.15) is 69.3 Å². The highest BCUT2D eigenvalue weighted by Crippen LogP contribution is 2.34. The minimum atomic E-state index is -0.227. The van der Waals surface area contributed by atoms with Crippen LogP contribution in [-0.2, 0) is 4.74 Å². The second-order valence-electron chi connectivity index (χ2n) is 10.8. The highest BCUT2D eigenvalue weighted by atomic mass is 16.5. The van der Waals surface area contributed by atoms with Crippen molar-refractivity contribution in [2.45, 2.75) is 78.1 Å². The normalized spacial score (nSPS) is 20.8. The number of allylic oxidation sites excluding steroid dienone is 1. The lowest BCUT2D eigenvalue weighted by Crippen LogP contribution is -2.60. The summed E-state index contributed by atoms with van der Waals surface area (Å²) in [6.07, 6.45) is 9.38. The van der Waals surface area contributed by atoms with Gasteiger partial charge in [0.2, 0.25) is 0 Å². The van der Waals surface area contributed by atoms with E-state index in [0.29, 0.717) is 25.7 Å². The lowest BCUT2D eigenvalue weighted by Gasteiger charge is -2.50. The third-order valence-electron chi connectivity index (χ3n) is 6.87. The summed E-state index contributed by atoms with van der Waals surface area (Å²) < 4.78 is 12.6. The summed E-state index contributed by atoms with van der Waals surface area (Å²) in [5, 5.41) is 0. The fraction of sp³-hybridized carbons (Fsp3) is 0.621. The van der Waals surface area contributed by atoms with Crippen LogP contribution >= 0.6 is 0 Å². The number of carbonyl (C=O) groups is 1. The lowest BCUT2D eigenvalue weighted by atomic mass is 9.87. The molecule has 1 aromatic carbocycles. The number of piperidine rings is 1. The first-order valence-electron chi connectivity index (χ1n) is 13.3. The van der Waals surface area contributed by atoms with Crippen molar-refractivity contribution in [2.75, 3.05) is 32.8 Å². The maximum atomic E-state index is 13.3. The number of rotatable bonds is 10. The van der Waals surface area contributed by atoms with Crippen LogP contribution in [0.5, 0.6) is 5.75 Å². The molecule has 1 unspecified atom stereocenters. The quantitative estimate of drug-likeness (QED) is 0.421. The fourth-order valence-electron chi connectivity index (χ4n) is 5.03. The summed E-state index contributed by atoms with van der Waals surface area (Å²) in [6, 6.07) is 5.74. The first-order valence-corrected chi connectivity index (χ1v) is 13.3. The van der Waals surface area contributed by atoms with Gasteiger partial charge in [0.1, 0.15) is 5.75 Å². The molecule has 1 atom stereocenters. The number of benzene rings is 1. The molecule has 1 aromatic rings. The van der Waals surface area contributed by atoms with Crippen LogP contribution < -0.4 is 4.74 Å². The Morgan fingerprint density at radius 1 is 1.28 bits per heavy atom. The average Bonchev–Trinajstić information content (AvgIpc) is 2.83. The number of aryl methyl sites for hydroxylation is 1. The molecule has 198 valence electrons. The van der Waals surface area contributed by atoms with E-state index in [-0.39, 0.29) is 23.7 Å². The molecule has 0 N–H and O–H groups in total. The molecule has 2 saturated heterocycles. The van der Waals surface area contributed by atoms with Crippen LogP contribution in [0.4, 0.5) is 0 Å². The van der Waals surface area contributed by atoms with Crippen LogP contribution in [0, 0.1) is 12.8 Å². The fourth-order valence-corrected chi connectivity index (χ4v) is 5.03. The van der Waals surface area contributed by atoms with Gasteiger partial charge >= 0.3 is 0 Å². The van der Waals surface area contributed by atoms with E-state index >= 15 is 0 Å². The second kappa shape index (κ2) is 13.2. The van der Waals surface area contributed by atoms with Crippen molar-refractivity contribution < 1.29 is 14.3 Å². The van der Waals surface area contributed by atoms with Gasteiger partial charge in [0, 0.05) is 44.2 Å². The first-order chi connectivity index (χ1) is 17.2. The molecule has 7 nitrogen and oxygen atoms in total. The molecule has 1 spiro atoms. The van der Waals surface area contributed by atoms with E-state index in [1.54, 1.807) is 18.5 Å². The number of morpholine rings is 1. The van der Waals surface area contributed by atoms with Crippen molar-refractivity contribution in [2.24, 2.45) is 15.9 Å². The summed E-state index contributed by atoms with van der Waals surface area (Å²) >= 11 is 0. The molecule has 0 bridgehead atoms. The van der Waals surface area contributed by atoms with Gasteiger partial charge in [0.05, 0.1) is 24.5 Å². The molecule has 2 aliphatic rings. The van der Waals surface area contributed by atoms with Gasteiger partial charge in [0.25, 0.3) is 5.91 Å². The van der Waals surface area contributed by atoms with Gasteiger partial charge in [-0.3, -0.25) is 19.7 Å². The summed E-state index contributed by atoms with van der Waals surface area (Å²) in [5.74, 6) is 1.57. The Kier molecular flexibility index (Phi) is 10.3. The standard InChI is InChI=1S/C29H44N4O3/c1-22(2)8-10-26-19-32(21-31-15-7-14-30-6)20-29(36-26)12-16-33(17-13-29)28(34)25-9-11-27(24(5)18-25)35-23(3)4/h7,9,11,14-15,18,22-23,26H,6,8,10,12-13,16-17,19-21H2,1-5H3/b14-7-,31-15-. The molecule has 1 amide bonds. The third-order valence-corrected chi connectivity index (χ3v) is 6.87. The molecule has 36 heavy (non-hydrogen) atoms. The smallest absolute Gasteiger partial charge is 0.253 e. The van der Waals surface area contributed by atoms with Gasteiger partial charge in [0.15, 0.2) is 0 Å². The molecule has 0 saturated carbocycles. The molecule has 3 rings (SSSR count). The Hall–Kier alpha value is -2.51. The highest BCUT2D eigenvalue weighted by molar-refractivity contribution is 5.94. The highest BCUT2D eigenvalue weighted by Gasteiger charge is 2.43. The number of likely N-dealkylation sites (tertiary alicyclic amines) is 1. The zero-order chi connectivity index (χ0) is 26.1. The van der Waals surface area contributed by atoms with Crippen LogP contribution in [0.25, 0.3) is 0 Å². The summed E-state index contributed by atoms with van der Waals surface area (Å²) in [5.41, 5.74) is 1.48. The lowest BCUT2D eigenvalue weighted by molar-refractivity contribution is -0.175. The maximum Gasteiger partial charge on any atom is 0.253 e. The van der Waals surface area contributed by atoms with Gasteiger partial charge < -0.3 is 14.4 Å². The number of carbonyl (C=O) groups excluding carboxylic acids is 1. The van der Waals surface area contributed by atoms with E-state index in [9.17, 15) is 4.79 Å². The van der Waals surface area contributed by atoms with Gasteiger partial charge in [-0.05, 0) is 88.9 Å². The molecule has 0 aliphatic carbocycles. The number of amides is 1. The molecular weight excluding hydrogens is 452 g/mol. The van der Waals surface area contributed by atoms with E-state index in [0.717, 1.165) is 55.6 Å². The van der Waals surface area contributed by atoms with Crippen LogP contribution in [0.2, 0.25) is 0 Å². The average molecular weight is 497 g/mol. The van der Waals surface area contributed by atoms with Crippen LogP contribution in [-0.4, -0.2) is 79.3 Å². The largest absolute Gasteiger partial charge is 0.491 e. The van der Waals surface area contributed by atoms with Crippen molar-refractivity contribution in [1.29, 1.82) is 0 Å².